The van der Waals surface area contributed by atoms with E-state index in [1.54, 1.807) is 0 Å². The molecule has 4 heteroatoms. The number of rotatable bonds is 2. The van der Waals surface area contributed by atoms with Gasteiger partial charge in [-0.3, -0.25) is 4.79 Å². The highest BCUT2D eigenvalue weighted by atomic mass is 16.6. The molecule has 14 heavy (non-hydrogen) atoms. The minimum absolute atomic E-state index is 0.181. The summed E-state index contributed by atoms with van der Waals surface area (Å²) in [6.07, 6.45) is 0.149. The van der Waals surface area contributed by atoms with Gasteiger partial charge in [0.25, 0.3) is 0 Å². The molecule has 1 fully saturated rings. The third-order valence-corrected chi connectivity index (χ3v) is 1.87. The zero-order chi connectivity index (χ0) is 10.8. The molecule has 82 valence electrons. The van der Waals surface area contributed by atoms with Gasteiger partial charge in [-0.25, -0.2) is 0 Å². The Balaban J connectivity index is 2.27. The van der Waals surface area contributed by atoms with Gasteiger partial charge in [0.15, 0.2) is 0 Å². The van der Waals surface area contributed by atoms with Gasteiger partial charge in [-0.1, -0.05) is 0 Å². The van der Waals surface area contributed by atoms with Crippen molar-refractivity contribution in [3.8, 4) is 0 Å². The Morgan fingerprint density at radius 2 is 2.21 bits per heavy atom. The highest BCUT2D eigenvalue weighted by Gasteiger charge is 2.27. The van der Waals surface area contributed by atoms with Crippen molar-refractivity contribution in [2.24, 2.45) is 0 Å². The van der Waals surface area contributed by atoms with Crippen molar-refractivity contribution in [2.45, 2.75) is 51.4 Å². The lowest BCUT2D eigenvalue weighted by Crippen LogP contribution is -2.26. The second kappa shape index (κ2) is 4.28. The number of aliphatic hydroxyl groups excluding tert-OH is 1. The highest BCUT2D eigenvalue weighted by Crippen LogP contribution is 2.18. The van der Waals surface area contributed by atoms with E-state index in [1.165, 1.54) is 0 Å². The predicted molar refractivity (Wildman–Crippen MR) is 50.8 cm³/mol. The van der Waals surface area contributed by atoms with Crippen molar-refractivity contribution >= 4 is 5.97 Å². The van der Waals surface area contributed by atoms with Gasteiger partial charge in [-0.15, -0.1) is 0 Å². The van der Waals surface area contributed by atoms with Gasteiger partial charge < -0.3 is 14.6 Å². The third-order valence-electron chi connectivity index (χ3n) is 1.87. The van der Waals surface area contributed by atoms with Crippen molar-refractivity contribution in [2.75, 3.05) is 6.61 Å². The molecule has 1 aliphatic heterocycles. The van der Waals surface area contributed by atoms with Crippen LogP contribution in [0.15, 0.2) is 0 Å². The van der Waals surface area contributed by atoms with E-state index in [2.05, 4.69) is 0 Å². The average molecular weight is 202 g/mol. The standard InChI is InChI=1S/C10H18O4/c1-10(2,3)14-9(12)5-8-4-7(11)6-13-8/h7-8,11H,4-6H2,1-3H3/t7-,8-/m0/s1. The summed E-state index contributed by atoms with van der Waals surface area (Å²) in [7, 11) is 0. The number of aliphatic hydroxyl groups is 1. The molecular weight excluding hydrogens is 184 g/mol. The Morgan fingerprint density at radius 1 is 1.57 bits per heavy atom. The lowest BCUT2D eigenvalue weighted by atomic mass is 10.1. The number of hydrogen-bond donors (Lipinski definition) is 1. The summed E-state index contributed by atoms with van der Waals surface area (Å²) in [5, 5.41) is 9.17. The van der Waals surface area contributed by atoms with Crippen LogP contribution in [0.1, 0.15) is 33.6 Å². The van der Waals surface area contributed by atoms with E-state index in [0.717, 1.165) is 0 Å². The van der Waals surface area contributed by atoms with Gasteiger partial charge in [0, 0.05) is 6.42 Å². The minimum atomic E-state index is -0.450. The zero-order valence-electron chi connectivity index (χ0n) is 8.95. The second-order valence-corrected chi connectivity index (χ2v) is 4.64. The lowest BCUT2D eigenvalue weighted by molar-refractivity contribution is -0.157. The molecule has 2 atom stereocenters. The summed E-state index contributed by atoms with van der Waals surface area (Å²) in [5.41, 5.74) is -0.450. The van der Waals surface area contributed by atoms with Crippen LogP contribution >= 0.6 is 0 Å². The van der Waals surface area contributed by atoms with Crippen molar-refractivity contribution in [1.29, 1.82) is 0 Å². The Hall–Kier alpha value is -0.610. The first-order valence-electron chi connectivity index (χ1n) is 4.88. The fourth-order valence-electron chi connectivity index (χ4n) is 1.40. The first-order chi connectivity index (χ1) is 6.37. The molecule has 1 N–H and O–H groups in total. The van der Waals surface area contributed by atoms with Crippen LogP contribution in [0.3, 0.4) is 0 Å². The Kier molecular flexibility index (Phi) is 3.50. The van der Waals surface area contributed by atoms with Crippen LogP contribution in [0.25, 0.3) is 0 Å². The molecule has 1 saturated heterocycles. The van der Waals surface area contributed by atoms with Gasteiger partial charge in [-0.2, -0.15) is 0 Å². The van der Waals surface area contributed by atoms with Crippen molar-refractivity contribution < 1.29 is 19.4 Å². The molecule has 0 spiro atoms. The molecule has 0 amide bonds. The Labute approximate surface area is 84.2 Å². The van der Waals surface area contributed by atoms with Gasteiger partial charge >= 0.3 is 5.97 Å². The van der Waals surface area contributed by atoms with E-state index < -0.39 is 11.7 Å². The van der Waals surface area contributed by atoms with Crippen LogP contribution in [-0.4, -0.2) is 35.5 Å². The molecule has 4 nitrogen and oxygen atoms in total. The summed E-state index contributed by atoms with van der Waals surface area (Å²) in [6, 6.07) is 0. The molecule has 0 aromatic carbocycles. The summed E-state index contributed by atoms with van der Waals surface area (Å²) in [4.78, 5) is 11.3. The Morgan fingerprint density at radius 3 is 2.64 bits per heavy atom. The van der Waals surface area contributed by atoms with Gasteiger partial charge in [-0.05, 0) is 20.8 Å². The smallest absolute Gasteiger partial charge is 0.308 e. The normalized spacial score (nSPS) is 27.7. The molecule has 1 aliphatic rings. The van der Waals surface area contributed by atoms with Crippen molar-refractivity contribution in [3.63, 3.8) is 0 Å². The maximum atomic E-state index is 11.3. The maximum Gasteiger partial charge on any atom is 0.308 e. The Bertz CT molecular complexity index is 207. The fraction of sp³-hybridized carbons (Fsp3) is 0.900. The van der Waals surface area contributed by atoms with Crippen molar-refractivity contribution in [3.05, 3.63) is 0 Å². The fourth-order valence-corrected chi connectivity index (χ4v) is 1.40. The quantitative estimate of drug-likeness (QED) is 0.675. The minimum Gasteiger partial charge on any atom is -0.460 e. The molecule has 0 aromatic rings. The zero-order valence-corrected chi connectivity index (χ0v) is 8.95. The molecule has 0 aromatic heterocycles. The molecule has 0 bridgehead atoms. The van der Waals surface area contributed by atoms with Gasteiger partial charge in [0.1, 0.15) is 5.60 Å². The molecule has 0 aliphatic carbocycles. The summed E-state index contributed by atoms with van der Waals surface area (Å²) in [5.74, 6) is -0.267. The first-order valence-corrected chi connectivity index (χ1v) is 4.88. The van der Waals surface area contributed by atoms with Crippen LogP contribution < -0.4 is 0 Å². The summed E-state index contributed by atoms with van der Waals surface area (Å²) >= 11 is 0. The second-order valence-electron chi connectivity index (χ2n) is 4.64. The molecular formula is C10H18O4. The number of carbonyl (C=O) groups excluding carboxylic acids is 1. The SMILES string of the molecule is CC(C)(C)OC(=O)C[C@@H]1C[C@H](O)CO1. The maximum absolute atomic E-state index is 11.3. The predicted octanol–water partition coefficient (Wildman–Crippen LogP) is 0.868. The van der Waals surface area contributed by atoms with Crippen molar-refractivity contribution in [1.82, 2.24) is 0 Å². The van der Waals surface area contributed by atoms with E-state index in [4.69, 9.17) is 14.6 Å². The van der Waals surface area contributed by atoms with E-state index >= 15 is 0 Å². The molecule has 1 rings (SSSR count). The lowest BCUT2D eigenvalue weighted by Gasteiger charge is -2.20. The largest absolute Gasteiger partial charge is 0.460 e. The number of carbonyl (C=O) groups is 1. The summed E-state index contributed by atoms with van der Waals surface area (Å²) < 4.78 is 10.3. The number of esters is 1. The van der Waals surface area contributed by atoms with E-state index in [1.807, 2.05) is 20.8 Å². The van der Waals surface area contributed by atoms with Crippen LogP contribution in [0.5, 0.6) is 0 Å². The van der Waals surface area contributed by atoms with Crippen LogP contribution in [0, 0.1) is 0 Å². The van der Waals surface area contributed by atoms with Gasteiger partial charge in [0.05, 0.1) is 25.2 Å². The van der Waals surface area contributed by atoms with E-state index in [0.29, 0.717) is 13.0 Å². The average Bonchev–Trinajstić information content (AvgIpc) is 2.30. The van der Waals surface area contributed by atoms with E-state index in [9.17, 15) is 4.79 Å². The van der Waals surface area contributed by atoms with Crippen LogP contribution in [0.4, 0.5) is 0 Å². The molecule has 0 saturated carbocycles. The molecule has 0 radical (unpaired) electrons. The van der Waals surface area contributed by atoms with Gasteiger partial charge in [0.2, 0.25) is 0 Å². The topological polar surface area (TPSA) is 55.8 Å². The molecule has 0 unspecified atom stereocenters. The number of hydrogen-bond acceptors (Lipinski definition) is 4. The summed E-state index contributed by atoms with van der Waals surface area (Å²) in [6.45, 7) is 5.81. The highest BCUT2D eigenvalue weighted by molar-refractivity contribution is 5.70. The number of ether oxygens (including phenoxy) is 2. The first kappa shape index (κ1) is 11.5. The van der Waals surface area contributed by atoms with Crippen LogP contribution in [-0.2, 0) is 14.3 Å². The third kappa shape index (κ3) is 4.07. The molecule has 1 heterocycles. The van der Waals surface area contributed by atoms with E-state index in [-0.39, 0.29) is 18.5 Å². The monoisotopic (exact) mass is 202 g/mol. The van der Waals surface area contributed by atoms with Crippen LogP contribution in [0.2, 0.25) is 0 Å².